The number of rotatable bonds is 7. The van der Waals surface area contributed by atoms with Gasteiger partial charge in [0.05, 0.1) is 12.7 Å². The molecule has 5 heteroatoms. The van der Waals surface area contributed by atoms with Crippen LogP contribution < -0.4 is 10.1 Å². The topological polar surface area (TPSA) is 50.8 Å². The summed E-state index contributed by atoms with van der Waals surface area (Å²) in [4.78, 5) is 13.9. The van der Waals surface area contributed by atoms with Crippen molar-refractivity contribution in [3.05, 3.63) is 60.2 Å². The van der Waals surface area contributed by atoms with E-state index >= 15 is 0 Å². The summed E-state index contributed by atoms with van der Waals surface area (Å²) >= 11 is 0. The number of para-hydroxylation sites is 1. The first-order valence-electron chi connectivity index (χ1n) is 8.60. The lowest BCUT2D eigenvalue weighted by Gasteiger charge is -2.17. The average molecular weight is 340 g/mol. The molecule has 0 aliphatic carbocycles. The van der Waals surface area contributed by atoms with E-state index in [0.717, 1.165) is 26.1 Å². The van der Waals surface area contributed by atoms with Gasteiger partial charge in [-0.2, -0.15) is 0 Å². The molecular formula is C20H24N2O3. The van der Waals surface area contributed by atoms with Gasteiger partial charge in [0.2, 0.25) is 0 Å². The van der Waals surface area contributed by atoms with Crippen molar-refractivity contribution in [2.75, 3.05) is 38.7 Å². The van der Waals surface area contributed by atoms with Crippen LogP contribution in [-0.2, 0) is 4.74 Å². The van der Waals surface area contributed by atoms with E-state index < -0.39 is 0 Å². The van der Waals surface area contributed by atoms with Crippen LogP contribution in [0, 0.1) is 0 Å². The number of hydrogen-bond donors (Lipinski definition) is 1. The molecule has 2 aromatic rings. The Morgan fingerprint density at radius 3 is 2.84 bits per heavy atom. The SMILES string of the molecule is COC(=O)c1cccc(OCCN2CCC(Nc3ccccc3)C2)c1. The van der Waals surface area contributed by atoms with Crippen LogP contribution >= 0.6 is 0 Å². The van der Waals surface area contributed by atoms with Gasteiger partial charge in [0.1, 0.15) is 12.4 Å². The molecule has 1 heterocycles. The molecule has 1 N–H and O–H groups in total. The van der Waals surface area contributed by atoms with Crippen molar-refractivity contribution in [3.8, 4) is 5.75 Å². The summed E-state index contributed by atoms with van der Waals surface area (Å²) in [5, 5.41) is 3.57. The van der Waals surface area contributed by atoms with Gasteiger partial charge in [-0.15, -0.1) is 0 Å². The van der Waals surface area contributed by atoms with Crippen molar-refractivity contribution in [2.24, 2.45) is 0 Å². The van der Waals surface area contributed by atoms with Crippen molar-refractivity contribution >= 4 is 11.7 Å². The fourth-order valence-corrected chi connectivity index (χ4v) is 3.05. The van der Waals surface area contributed by atoms with Gasteiger partial charge in [-0.25, -0.2) is 4.79 Å². The molecule has 0 aromatic heterocycles. The van der Waals surface area contributed by atoms with Gasteiger partial charge in [-0.05, 0) is 36.8 Å². The molecule has 132 valence electrons. The zero-order valence-corrected chi connectivity index (χ0v) is 14.5. The number of carbonyl (C=O) groups excluding carboxylic acids is 1. The summed E-state index contributed by atoms with van der Waals surface area (Å²) in [6.45, 7) is 3.55. The van der Waals surface area contributed by atoms with Crippen LogP contribution in [0.2, 0.25) is 0 Å². The van der Waals surface area contributed by atoms with Crippen molar-refractivity contribution < 1.29 is 14.3 Å². The first kappa shape index (κ1) is 17.3. The first-order chi connectivity index (χ1) is 12.2. The van der Waals surface area contributed by atoms with Gasteiger partial charge >= 0.3 is 5.97 Å². The molecule has 0 saturated carbocycles. The zero-order valence-electron chi connectivity index (χ0n) is 14.5. The Bertz CT molecular complexity index is 690. The third-order valence-electron chi connectivity index (χ3n) is 4.35. The molecule has 1 aliphatic heterocycles. The number of benzene rings is 2. The number of nitrogens with zero attached hydrogens (tertiary/aromatic N) is 1. The summed E-state index contributed by atoms with van der Waals surface area (Å²) in [5.74, 6) is 0.348. The molecule has 0 bridgehead atoms. The third kappa shape index (κ3) is 4.97. The van der Waals surface area contributed by atoms with E-state index in [9.17, 15) is 4.79 Å². The number of likely N-dealkylation sites (tertiary alicyclic amines) is 1. The first-order valence-corrected chi connectivity index (χ1v) is 8.60. The van der Waals surface area contributed by atoms with E-state index in [1.54, 1.807) is 18.2 Å². The standard InChI is InChI=1S/C20H24N2O3/c1-24-20(23)16-6-5-9-19(14-16)25-13-12-22-11-10-18(15-22)21-17-7-3-2-4-8-17/h2-9,14,18,21H,10-13,15H2,1H3. The number of methoxy groups -OCH3 is 1. The van der Waals surface area contributed by atoms with Gasteiger partial charge in [0.25, 0.3) is 0 Å². The van der Waals surface area contributed by atoms with E-state index in [1.807, 2.05) is 24.3 Å². The highest BCUT2D eigenvalue weighted by atomic mass is 16.5. The van der Waals surface area contributed by atoms with Crippen LogP contribution in [0.15, 0.2) is 54.6 Å². The van der Waals surface area contributed by atoms with Gasteiger partial charge in [-0.3, -0.25) is 4.90 Å². The van der Waals surface area contributed by atoms with E-state index in [0.29, 0.717) is 24.0 Å². The van der Waals surface area contributed by atoms with Gasteiger partial charge in [-0.1, -0.05) is 24.3 Å². The largest absolute Gasteiger partial charge is 0.492 e. The predicted octanol–water partition coefficient (Wildman–Crippen LogP) is 3.04. The summed E-state index contributed by atoms with van der Waals surface area (Å²) in [6.07, 6.45) is 1.13. The lowest BCUT2D eigenvalue weighted by atomic mass is 10.2. The number of esters is 1. The minimum atomic E-state index is -0.347. The van der Waals surface area contributed by atoms with Crippen LogP contribution in [0.25, 0.3) is 0 Å². The molecule has 25 heavy (non-hydrogen) atoms. The number of nitrogens with one attached hydrogen (secondary N) is 1. The van der Waals surface area contributed by atoms with Crippen molar-refractivity contribution in [1.82, 2.24) is 4.90 Å². The van der Waals surface area contributed by atoms with Crippen LogP contribution in [0.5, 0.6) is 5.75 Å². The minimum absolute atomic E-state index is 0.347. The van der Waals surface area contributed by atoms with E-state index in [-0.39, 0.29) is 5.97 Å². The molecule has 2 aromatic carbocycles. The summed E-state index contributed by atoms with van der Waals surface area (Å²) < 4.78 is 10.5. The zero-order chi connectivity index (χ0) is 17.5. The Labute approximate surface area is 148 Å². The van der Waals surface area contributed by atoms with Gasteiger partial charge < -0.3 is 14.8 Å². The van der Waals surface area contributed by atoms with Crippen molar-refractivity contribution in [1.29, 1.82) is 0 Å². The summed E-state index contributed by atoms with van der Waals surface area (Å²) in [5.41, 5.74) is 1.68. The predicted molar refractivity (Wildman–Crippen MR) is 98.2 cm³/mol. The molecule has 1 atom stereocenters. The normalized spacial score (nSPS) is 17.2. The Morgan fingerprint density at radius 1 is 1.20 bits per heavy atom. The van der Waals surface area contributed by atoms with E-state index in [2.05, 4.69) is 22.3 Å². The van der Waals surface area contributed by atoms with Gasteiger partial charge in [0.15, 0.2) is 0 Å². The highest BCUT2D eigenvalue weighted by molar-refractivity contribution is 5.89. The van der Waals surface area contributed by atoms with Gasteiger partial charge in [0, 0.05) is 31.4 Å². The molecule has 1 aliphatic rings. The molecule has 3 rings (SSSR count). The quantitative estimate of drug-likeness (QED) is 0.785. The highest BCUT2D eigenvalue weighted by Gasteiger charge is 2.21. The average Bonchev–Trinajstić information content (AvgIpc) is 3.09. The lowest BCUT2D eigenvalue weighted by molar-refractivity contribution is 0.0600. The highest BCUT2D eigenvalue weighted by Crippen LogP contribution is 2.17. The Morgan fingerprint density at radius 2 is 2.04 bits per heavy atom. The number of anilines is 1. The maximum atomic E-state index is 11.5. The summed E-state index contributed by atoms with van der Waals surface area (Å²) in [6, 6.07) is 17.9. The number of carbonyl (C=O) groups is 1. The maximum Gasteiger partial charge on any atom is 0.337 e. The minimum Gasteiger partial charge on any atom is -0.492 e. The second kappa shape index (κ2) is 8.53. The monoisotopic (exact) mass is 340 g/mol. The Balaban J connectivity index is 1.42. The van der Waals surface area contributed by atoms with E-state index in [4.69, 9.17) is 9.47 Å². The molecule has 1 saturated heterocycles. The second-order valence-corrected chi connectivity index (χ2v) is 6.16. The molecule has 0 amide bonds. The van der Waals surface area contributed by atoms with Crippen LogP contribution in [-0.4, -0.2) is 50.3 Å². The van der Waals surface area contributed by atoms with Crippen molar-refractivity contribution in [2.45, 2.75) is 12.5 Å². The second-order valence-electron chi connectivity index (χ2n) is 6.16. The summed E-state index contributed by atoms with van der Waals surface area (Å²) in [7, 11) is 1.38. The molecule has 5 nitrogen and oxygen atoms in total. The van der Waals surface area contributed by atoms with Crippen LogP contribution in [0.3, 0.4) is 0 Å². The number of ether oxygens (including phenoxy) is 2. The lowest BCUT2D eigenvalue weighted by Crippen LogP contribution is -2.29. The Kier molecular flexibility index (Phi) is 5.90. The fourth-order valence-electron chi connectivity index (χ4n) is 3.05. The maximum absolute atomic E-state index is 11.5. The molecule has 0 spiro atoms. The molecule has 1 fully saturated rings. The smallest absolute Gasteiger partial charge is 0.337 e. The van der Waals surface area contributed by atoms with Crippen LogP contribution in [0.1, 0.15) is 16.8 Å². The number of hydrogen-bond acceptors (Lipinski definition) is 5. The Hall–Kier alpha value is -2.53. The van der Waals surface area contributed by atoms with Crippen LogP contribution in [0.4, 0.5) is 5.69 Å². The molecular weight excluding hydrogens is 316 g/mol. The molecule has 0 radical (unpaired) electrons. The fraction of sp³-hybridized carbons (Fsp3) is 0.350. The van der Waals surface area contributed by atoms with E-state index in [1.165, 1.54) is 12.8 Å². The van der Waals surface area contributed by atoms with Crippen molar-refractivity contribution in [3.63, 3.8) is 0 Å². The molecule has 1 unspecified atom stereocenters. The third-order valence-corrected chi connectivity index (χ3v) is 4.35.